The monoisotopic (exact) mass is 297 g/mol. The van der Waals surface area contributed by atoms with Crippen molar-refractivity contribution in [2.75, 3.05) is 20.2 Å². The molecule has 1 aromatic carbocycles. The van der Waals surface area contributed by atoms with Crippen molar-refractivity contribution in [1.82, 2.24) is 4.90 Å². The maximum atomic E-state index is 12.6. The molecule has 1 aliphatic heterocycles. The molecule has 0 bridgehead atoms. The van der Waals surface area contributed by atoms with Crippen LogP contribution in [0.25, 0.3) is 0 Å². The maximum absolute atomic E-state index is 12.6. The lowest BCUT2D eigenvalue weighted by molar-refractivity contribution is 0.0464. The molecular formula is C15H20ClNO3. The van der Waals surface area contributed by atoms with Crippen molar-refractivity contribution < 1.29 is 14.6 Å². The van der Waals surface area contributed by atoms with E-state index in [9.17, 15) is 9.90 Å². The summed E-state index contributed by atoms with van der Waals surface area (Å²) in [7, 11) is 1.53. The summed E-state index contributed by atoms with van der Waals surface area (Å²) >= 11 is 5.91. The molecule has 1 N–H and O–H groups in total. The van der Waals surface area contributed by atoms with Crippen LogP contribution in [0.5, 0.6) is 5.75 Å². The molecule has 2 rings (SSSR count). The predicted molar refractivity (Wildman–Crippen MR) is 78.3 cm³/mol. The van der Waals surface area contributed by atoms with E-state index in [4.69, 9.17) is 16.3 Å². The summed E-state index contributed by atoms with van der Waals surface area (Å²) in [6.07, 6.45) is 1.48. The minimum atomic E-state index is -0.391. The number of hydrogen-bond acceptors (Lipinski definition) is 3. The number of amides is 1. The molecule has 1 amide bonds. The van der Waals surface area contributed by atoms with Gasteiger partial charge in [-0.2, -0.15) is 0 Å². The molecule has 5 heteroatoms. The highest BCUT2D eigenvalue weighted by molar-refractivity contribution is 6.30. The molecule has 1 aliphatic rings. The van der Waals surface area contributed by atoms with E-state index in [1.807, 2.05) is 0 Å². The van der Waals surface area contributed by atoms with Crippen LogP contribution in [0.3, 0.4) is 0 Å². The fourth-order valence-electron chi connectivity index (χ4n) is 2.60. The van der Waals surface area contributed by atoms with Gasteiger partial charge in [0.1, 0.15) is 5.75 Å². The van der Waals surface area contributed by atoms with Gasteiger partial charge < -0.3 is 14.7 Å². The van der Waals surface area contributed by atoms with Crippen molar-refractivity contribution in [1.29, 1.82) is 0 Å². The lowest BCUT2D eigenvalue weighted by Gasteiger charge is -2.34. The summed E-state index contributed by atoms with van der Waals surface area (Å²) in [6.45, 7) is 3.08. The number of nitrogens with zero attached hydrogens (tertiary/aromatic N) is 1. The molecule has 20 heavy (non-hydrogen) atoms. The highest BCUT2D eigenvalue weighted by Gasteiger charge is 2.28. The maximum Gasteiger partial charge on any atom is 0.257 e. The van der Waals surface area contributed by atoms with Gasteiger partial charge in [0.25, 0.3) is 5.91 Å². The zero-order valence-electron chi connectivity index (χ0n) is 11.8. The van der Waals surface area contributed by atoms with E-state index in [-0.39, 0.29) is 11.8 Å². The van der Waals surface area contributed by atoms with Gasteiger partial charge in [0.15, 0.2) is 0 Å². The van der Waals surface area contributed by atoms with Gasteiger partial charge in [-0.25, -0.2) is 0 Å². The topological polar surface area (TPSA) is 49.8 Å². The lowest BCUT2D eigenvalue weighted by Crippen LogP contribution is -2.43. The third-order valence-corrected chi connectivity index (χ3v) is 4.06. The first-order valence-corrected chi connectivity index (χ1v) is 7.21. The number of rotatable bonds is 3. The van der Waals surface area contributed by atoms with Crippen LogP contribution in [0, 0.1) is 5.92 Å². The molecule has 0 aliphatic carbocycles. The van der Waals surface area contributed by atoms with Crippen LogP contribution in [0.4, 0.5) is 0 Å². The molecule has 1 saturated heterocycles. The first-order valence-electron chi connectivity index (χ1n) is 6.83. The van der Waals surface area contributed by atoms with Crippen molar-refractivity contribution in [2.45, 2.75) is 25.9 Å². The highest BCUT2D eigenvalue weighted by Crippen LogP contribution is 2.27. The van der Waals surface area contributed by atoms with Crippen LogP contribution >= 0.6 is 11.6 Å². The fourth-order valence-corrected chi connectivity index (χ4v) is 2.76. The lowest BCUT2D eigenvalue weighted by atomic mass is 9.93. The number of hydrogen-bond donors (Lipinski definition) is 1. The normalized spacial score (nSPS) is 20.6. The standard InChI is InChI=1S/C15H20ClNO3/c1-10(18)11-4-3-7-17(9-11)15(19)13-6-5-12(16)8-14(13)20-2/h5-6,8,10-11,18H,3-4,7,9H2,1-2H3. The molecule has 1 fully saturated rings. The van der Waals surface area contributed by atoms with Gasteiger partial charge in [-0.3, -0.25) is 4.79 Å². The van der Waals surface area contributed by atoms with Gasteiger partial charge in [-0.1, -0.05) is 11.6 Å². The van der Waals surface area contributed by atoms with Crippen LogP contribution < -0.4 is 4.74 Å². The van der Waals surface area contributed by atoms with E-state index in [1.54, 1.807) is 30.0 Å². The van der Waals surface area contributed by atoms with Gasteiger partial charge in [0, 0.05) is 24.0 Å². The van der Waals surface area contributed by atoms with Gasteiger partial charge in [-0.05, 0) is 38.0 Å². The summed E-state index contributed by atoms with van der Waals surface area (Å²) in [6, 6.07) is 5.02. The Hall–Kier alpha value is -1.26. The fraction of sp³-hybridized carbons (Fsp3) is 0.533. The van der Waals surface area contributed by atoms with Crippen molar-refractivity contribution >= 4 is 17.5 Å². The number of benzene rings is 1. The van der Waals surface area contributed by atoms with E-state index < -0.39 is 6.10 Å². The van der Waals surface area contributed by atoms with Gasteiger partial charge in [0.05, 0.1) is 18.8 Å². The molecular weight excluding hydrogens is 278 g/mol. The smallest absolute Gasteiger partial charge is 0.257 e. The number of aliphatic hydroxyl groups is 1. The van der Waals surface area contributed by atoms with Crippen molar-refractivity contribution in [2.24, 2.45) is 5.92 Å². The number of halogens is 1. The molecule has 0 aromatic heterocycles. The summed E-state index contributed by atoms with van der Waals surface area (Å²) in [5, 5.41) is 10.2. The van der Waals surface area contributed by atoms with E-state index in [0.717, 1.165) is 12.8 Å². The van der Waals surface area contributed by atoms with Gasteiger partial charge >= 0.3 is 0 Å². The second kappa shape index (κ2) is 6.46. The van der Waals surface area contributed by atoms with Crippen LogP contribution in [-0.4, -0.2) is 42.2 Å². The van der Waals surface area contributed by atoms with Crippen molar-refractivity contribution in [3.63, 3.8) is 0 Å². The van der Waals surface area contributed by atoms with Crippen LogP contribution in [0.1, 0.15) is 30.1 Å². The quantitative estimate of drug-likeness (QED) is 0.933. The van der Waals surface area contributed by atoms with Crippen LogP contribution in [-0.2, 0) is 0 Å². The number of carbonyl (C=O) groups excluding carboxylic acids is 1. The molecule has 4 nitrogen and oxygen atoms in total. The number of methoxy groups -OCH3 is 1. The molecule has 0 saturated carbocycles. The number of likely N-dealkylation sites (tertiary alicyclic amines) is 1. The molecule has 0 spiro atoms. The number of carbonyl (C=O) groups is 1. The second-order valence-corrected chi connectivity index (χ2v) is 5.68. The minimum Gasteiger partial charge on any atom is -0.496 e. The zero-order valence-corrected chi connectivity index (χ0v) is 12.6. The highest BCUT2D eigenvalue weighted by atomic mass is 35.5. The van der Waals surface area contributed by atoms with Crippen molar-refractivity contribution in [3.05, 3.63) is 28.8 Å². The first kappa shape index (κ1) is 15.1. The van der Waals surface area contributed by atoms with E-state index >= 15 is 0 Å². The van der Waals surface area contributed by atoms with Crippen LogP contribution in [0.2, 0.25) is 5.02 Å². The average molecular weight is 298 g/mol. The molecule has 110 valence electrons. The summed E-state index contributed by atoms with van der Waals surface area (Å²) in [5.74, 6) is 0.566. The SMILES string of the molecule is COc1cc(Cl)ccc1C(=O)N1CCCC(C(C)O)C1. The number of piperidine rings is 1. The predicted octanol–water partition coefficient (Wildman–Crippen LogP) is 2.58. The van der Waals surface area contributed by atoms with E-state index in [1.165, 1.54) is 7.11 Å². The largest absolute Gasteiger partial charge is 0.496 e. The van der Waals surface area contributed by atoms with Gasteiger partial charge in [0.2, 0.25) is 0 Å². The van der Waals surface area contributed by atoms with Gasteiger partial charge in [-0.15, -0.1) is 0 Å². The number of ether oxygens (including phenoxy) is 1. The third kappa shape index (κ3) is 3.25. The Kier molecular flexibility index (Phi) is 4.89. The van der Waals surface area contributed by atoms with Crippen molar-refractivity contribution in [3.8, 4) is 5.75 Å². The van der Waals surface area contributed by atoms with E-state index in [0.29, 0.717) is 29.4 Å². The summed E-state index contributed by atoms with van der Waals surface area (Å²) in [4.78, 5) is 14.4. The molecule has 1 aromatic rings. The Bertz CT molecular complexity index is 490. The second-order valence-electron chi connectivity index (χ2n) is 5.24. The average Bonchev–Trinajstić information content (AvgIpc) is 2.46. The zero-order chi connectivity index (χ0) is 14.7. The minimum absolute atomic E-state index is 0.0659. The summed E-state index contributed by atoms with van der Waals surface area (Å²) < 4.78 is 5.23. The number of aliphatic hydroxyl groups excluding tert-OH is 1. The third-order valence-electron chi connectivity index (χ3n) is 3.82. The molecule has 0 radical (unpaired) electrons. The first-order chi connectivity index (χ1) is 9.52. The Morgan fingerprint density at radius 3 is 2.95 bits per heavy atom. The summed E-state index contributed by atoms with van der Waals surface area (Å²) in [5.41, 5.74) is 0.517. The van der Waals surface area contributed by atoms with Crippen LogP contribution in [0.15, 0.2) is 18.2 Å². The van der Waals surface area contributed by atoms with E-state index in [2.05, 4.69) is 0 Å². The Morgan fingerprint density at radius 2 is 2.30 bits per heavy atom. The Morgan fingerprint density at radius 1 is 1.55 bits per heavy atom. The molecule has 2 unspecified atom stereocenters. The Balaban J connectivity index is 2.18. The molecule has 2 atom stereocenters. The Labute approximate surface area is 124 Å². The molecule has 1 heterocycles.